The maximum atomic E-state index is 13.0. The van der Waals surface area contributed by atoms with E-state index in [-0.39, 0.29) is 23.6 Å². The zero-order valence-corrected chi connectivity index (χ0v) is 12.9. The van der Waals surface area contributed by atoms with Gasteiger partial charge in [0.05, 0.1) is 0 Å². The van der Waals surface area contributed by atoms with E-state index in [0.717, 1.165) is 35.2 Å². The van der Waals surface area contributed by atoms with Crippen molar-refractivity contribution in [1.29, 1.82) is 0 Å². The first kappa shape index (κ1) is 14.8. The molecule has 0 aromatic heterocycles. The molecule has 1 amide bonds. The topological polar surface area (TPSA) is 29.1 Å². The van der Waals surface area contributed by atoms with Crippen LogP contribution in [-0.2, 0) is 11.2 Å². The molecule has 2 atom stereocenters. The minimum Gasteiger partial charge on any atom is -0.325 e. The minimum atomic E-state index is -0.238. The maximum Gasteiger partial charge on any atom is 0.228 e. The van der Waals surface area contributed by atoms with Crippen molar-refractivity contribution in [2.24, 2.45) is 5.92 Å². The van der Waals surface area contributed by atoms with Crippen LogP contribution in [0.15, 0.2) is 42.5 Å². The Morgan fingerprint density at radius 3 is 2.64 bits per heavy atom. The average molecular weight is 297 g/mol. The number of aryl methyl sites for hydroxylation is 2. The SMILES string of the molecule is CCc1cccc(C)c1NC(=O)C1CC1c1ccc(F)cc1. The Bertz CT molecular complexity index is 693. The van der Waals surface area contributed by atoms with Crippen molar-refractivity contribution < 1.29 is 9.18 Å². The van der Waals surface area contributed by atoms with Gasteiger partial charge in [0.25, 0.3) is 0 Å². The van der Waals surface area contributed by atoms with E-state index in [4.69, 9.17) is 0 Å². The van der Waals surface area contributed by atoms with Gasteiger partial charge in [-0.15, -0.1) is 0 Å². The van der Waals surface area contributed by atoms with E-state index in [2.05, 4.69) is 12.2 Å². The second-order valence-electron chi connectivity index (χ2n) is 5.95. The number of carbonyl (C=O) groups excluding carboxylic acids is 1. The van der Waals surface area contributed by atoms with Gasteiger partial charge in [0, 0.05) is 11.6 Å². The van der Waals surface area contributed by atoms with Gasteiger partial charge in [0.2, 0.25) is 5.91 Å². The summed E-state index contributed by atoms with van der Waals surface area (Å²) in [5.41, 5.74) is 4.24. The molecule has 2 aromatic rings. The number of benzene rings is 2. The molecule has 0 bridgehead atoms. The Hall–Kier alpha value is -2.16. The summed E-state index contributed by atoms with van der Waals surface area (Å²) in [6.07, 6.45) is 1.73. The van der Waals surface area contributed by atoms with Crippen LogP contribution in [0.1, 0.15) is 36.0 Å². The predicted octanol–water partition coefficient (Wildman–Crippen LogP) is 4.44. The first-order valence-electron chi connectivity index (χ1n) is 7.75. The first-order chi connectivity index (χ1) is 10.6. The monoisotopic (exact) mass is 297 g/mol. The number of hydrogen-bond acceptors (Lipinski definition) is 1. The quantitative estimate of drug-likeness (QED) is 0.888. The van der Waals surface area contributed by atoms with E-state index >= 15 is 0 Å². The Morgan fingerprint density at radius 2 is 1.95 bits per heavy atom. The Morgan fingerprint density at radius 1 is 1.23 bits per heavy atom. The molecule has 114 valence electrons. The van der Waals surface area contributed by atoms with Crippen molar-refractivity contribution in [2.75, 3.05) is 5.32 Å². The molecule has 0 radical (unpaired) electrons. The highest BCUT2D eigenvalue weighted by Gasteiger charge is 2.44. The molecular formula is C19H20FNO. The summed E-state index contributed by atoms with van der Waals surface area (Å²) in [5, 5.41) is 3.09. The van der Waals surface area contributed by atoms with Crippen molar-refractivity contribution in [1.82, 2.24) is 0 Å². The molecule has 1 N–H and O–H groups in total. The molecule has 3 rings (SSSR count). The van der Waals surface area contributed by atoms with Gasteiger partial charge in [-0.05, 0) is 54.5 Å². The first-order valence-corrected chi connectivity index (χ1v) is 7.75. The number of anilines is 1. The number of nitrogens with one attached hydrogen (secondary N) is 1. The lowest BCUT2D eigenvalue weighted by molar-refractivity contribution is -0.117. The van der Waals surface area contributed by atoms with Gasteiger partial charge in [-0.2, -0.15) is 0 Å². The molecule has 0 aliphatic heterocycles. The third-order valence-corrected chi connectivity index (χ3v) is 4.41. The van der Waals surface area contributed by atoms with Crippen LogP contribution in [0.2, 0.25) is 0 Å². The van der Waals surface area contributed by atoms with Crippen LogP contribution in [0, 0.1) is 18.7 Å². The maximum absolute atomic E-state index is 13.0. The normalized spacial score (nSPS) is 19.8. The summed E-state index contributed by atoms with van der Waals surface area (Å²) in [5.74, 6) is 0.0423. The van der Waals surface area contributed by atoms with Crippen molar-refractivity contribution >= 4 is 11.6 Å². The molecular weight excluding hydrogens is 277 g/mol. The van der Waals surface area contributed by atoms with Crippen LogP contribution < -0.4 is 5.32 Å². The summed E-state index contributed by atoms with van der Waals surface area (Å²) in [4.78, 5) is 12.5. The summed E-state index contributed by atoms with van der Waals surface area (Å²) in [7, 11) is 0. The second-order valence-corrected chi connectivity index (χ2v) is 5.95. The van der Waals surface area contributed by atoms with Gasteiger partial charge in [-0.25, -0.2) is 4.39 Å². The molecule has 0 heterocycles. The van der Waals surface area contributed by atoms with Gasteiger partial charge < -0.3 is 5.32 Å². The van der Waals surface area contributed by atoms with Crippen LogP contribution >= 0.6 is 0 Å². The van der Waals surface area contributed by atoms with E-state index in [1.54, 1.807) is 12.1 Å². The lowest BCUT2D eigenvalue weighted by Gasteiger charge is -2.13. The standard InChI is InChI=1S/C19H20FNO/c1-3-13-6-4-5-12(2)18(13)21-19(22)17-11-16(17)14-7-9-15(20)10-8-14/h4-10,16-17H,3,11H2,1-2H3,(H,21,22). The molecule has 1 aliphatic carbocycles. The smallest absolute Gasteiger partial charge is 0.228 e. The molecule has 22 heavy (non-hydrogen) atoms. The number of amides is 1. The third-order valence-electron chi connectivity index (χ3n) is 4.41. The zero-order valence-electron chi connectivity index (χ0n) is 12.9. The highest BCUT2D eigenvalue weighted by atomic mass is 19.1. The fourth-order valence-corrected chi connectivity index (χ4v) is 2.98. The largest absolute Gasteiger partial charge is 0.325 e. The Kier molecular flexibility index (Phi) is 3.97. The summed E-state index contributed by atoms with van der Waals surface area (Å²) in [6, 6.07) is 12.5. The van der Waals surface area contributed by atoms with E-state index in [0.29, 0.717) is 0 Å². The second kappa shape index (κ2) is 5.91. The molecule has 0 spiro atoms. The van der Waals surface area contributed by atoms with Crippen LogP contribution in [0.4, 0.5) is 10.1 Å². The van der Waals surface area contributed by atoms with Crippen molar-refractivity contribution in [3.8, 4) is 0 Å². The van der Waals surface area contributed by atoms with Crippen LogP contribution in [0.25, 0.3) is 0 Å². The van der Waals surface area contributed by atoms with Crippen molar-refractivity contribution in [2.45, 2.75) is 32.6 Å². The zero-order chi connectivity index (χ0) is 15.7. The van der Waals surface area contributed by atoms with Crippen LogP contribution in [0.5, 0.6) is 0 Å². The Labute approximate surface area is 130 Å². The number of halogens is 1. The fraction of sp³-hybridized carbons (Fsp3) is 0.316. The number of hydrogen-bond donors (Lipinski definition) is 1. The van der Waals surface area contributed by atoms with Crippen LogP contribution in [0.3, 0.4) is 0 Å². The van der Waals surface area contributed by atoms with Crippen LogP contribution in [-0.4, -0.2) is 5.91 Å². The van der Waals surface area contributed by atoms with Gasteiger partial charge >= 0.3 is 0 Å². The molecule has 1 fully saturated rings. The molecule has 3 heteroatoms. The van der Waals surface area contributed by atoms with Gasteiger partial charge in [-0.1, -0.05) is 37.3 Å². The molecule has 1 saturated carbocycles. The molecule has 2 aromatic carbocycles. The number of para-hydroxylation sites is 1. The highest BCUT2D eigenvalue weighted by molar-refractivity contribution is 5.96. The summed E-state index contributed by atoms with van der Waals surface area (Å²) < 4.78 is 13.0. The van der Waals surface area contributed by atoms with Gasteiger partial charge in [0.1, 0.15) is 5.82 Å². The van der Waals surface area contributed by atoms with Crippen molar-refractivity contribution in [3.05, 3.63) is 65.0 Å². The lowest BCUT2D eigenvalue weighted by atomic mass is 10.1. The average Bonchev–Trinajstić information content (AvgIpc) is 3.30. The molecule has 2 unspecified atom stereocenters. The minimum absolute atomic E-state index is 0.00484. The molecule has 0 saturated heterocycles. The van der Waals surface area contributed by atoms with Crippen molar-refractivity contribution in [3.63, 3.8) is 0 Å². The van der Waals surface area contributed by atoms with E-state index in [1.807, 2.05) is 25.1 Å². The van der Waals surface area contributed by atoms with E-state index in [1.165, 1.54) is 12.1 Å². The van der Waals surface area contributed by atoms with E-state index < -0.39 is 0 Å². The molecule has 1 aliphatic rings. The van der Waals surface area contributed by atoms with Gasteiger partial charge in [0.15, 0.2) is 0 Å². The number of rotatable bonds is 4. The lowest BCUT2D eigenvalue weighted by Crippen LogP contribution is -2.16. The molecule has 2 nitrogen and oxygen atoms in total. The number of carbonyl (C=O) groups is 1. The predicted molar refractivity (Wildman–Crippen MR) is 86.4 cm³/mol. The highest BCUT2D eigenvalue weighted by Crippen LogP contribution is 2.48. The fourth-order valence-electron chi connectivity index (χ4n) is 2.98. The summed E-state index contributed by atoms with van der Waals surface area (Å²) >= 11 is 0. The Balaban J connectivity index is 1.71. The van der Waals surface area contributed by atoms with E-state index in [9.17, 15) is 9.18 Å². The third kappa shape index (κ3) is 2.89. The van der Waals surface area contributed by atoms with Gasteiger partial charge in [-0.3, -0.25) is 4.79 Å². The summed E-state index contributed by atoms with van der Waals surface area (Å²) in [6.45, 7) is 4.10.